The van der Waals surface area contributed by atoms with E-state index in [2.05, 4.69) is 27.7 Å². The molecule has 0 fully saturated rings. The van der Waals surface area contributed by atoms with Crippen molar-refractivity contribution in [3.05, 3.63) is 0 Å². The quantitative estimate of drug-likeness (QED) is 0.0345. The van der Waals surface area contributed by atoms with E-state index in [-0.39, 0.29) is 31.1 Å². The Balaban J connectivity index is 4.25. The lowest BCUT2D eigenvalue weighted by atomic mass is 10.00. The zero-order valence-electron chi connectivity index (χ0n) is 40.9. The van der Waals surface area contributed by atoms with Gasteiger partial charge in [-0.25, -0.2) is 0 Å². The molecule has 0 aliphatic heterocycles. The minimum Gasteiger partial charge on any atom is -0.462 e. The fourth-order valence-corrected chi connectivity index (χ4v) is 8.19. The van der Waals surface area contributed by atoms with Crippen LogP contribution >= 0.6 is 0 Å². The van der Waals surface area contributed by atoms with Gasteiger partial charge in [-0.1, -0.05) is 265 Å². The van der Waals surface area contributed by atoms with Crippen LogP contribution in [0.5, 0.6) is 0 Å². The molecule has 356 valence electrons. The van der Waals surface area contributed by atoms with Gasteiger partial charge in [0.25, 0.3) is 0 Å². The van der Waals surface area contributed by atoms with E-state index >= 15 is 0 Å². The van der Waals surface area contributed by atoms with Gasteiger partial charge in [0.05, 0.1) is 0 Å². The Hall–Kier alpha value is -1.59. The van der Waals surface area contributed by atoms with Crippen molar-refractivity contribution in [2.45, 2.75) is 310 Å². The van der Waals surface area contributed by atoms with Gasteiger partial charge in [-0.05, 0) is 25.2 Å². The Morgan fingerprint density at radius 3 is 0.867 bits per heavy atom. The van der Waals surface area contributed by atoms with Crippen LogP contribution in [-0.2, 0) is 28.6 Å². The topological polar surface area (TPSA) is 78.9 Å². The SMILES string of the molecule is CCCCCCCCCCCCCCCCCCCC(=O)OC[C@@H](COC(=O)CCCCCCCCCCCCCCCCC)OC(=O)CCCCCCCCC(C)CC. The summed E-state index contributed by atoms with van der Waals surface area (Å²) in [5, 5.41) is 0. The molecule has 0 aromatic rings. The van der Waals surface area contributed by atoms with Crippen LogP contribution in [0.1, 0.15) is 304 Å². The molecule has 0 aromatic heterocycles. The monoisotopic (exact) mass is 849 g/mol. The van der Waals surface area contributed by atoms with Gasteiger partial charge in [-0.2, -0.15) is 0 Å². The third-order valence-corrected chi connectivity index (χ3v) is 12.7. The highest BCUT2D eigenvalue weighted by molar-refractivity contribution is 5.71. The summed E-state index contributed by atoms with van der Waals surface area (Å²) in [7, 11) is 0. The van der Waals surface area contributed by atoms with Crippen molar-refractivity contribution in [2.75, 3.05) is 13.2 Å². The van der Waals surface area contributed by atoms with E-state index in [4.69, 9.17) is 14.2 Å². The second-order valence-electron chi connectivity index (χ2n) is 18.8. The normalized spacial score (nSPS) is 12.4. The summed E-state index contributed by atoms with van der Waals surface area (Å²) in [4.78, 5) is 38.0. The molecule has 0 rings (SSSR count). The molecule has 0 heterocycles. The van der Waals surface area contributed by atoms with Gasteiger partial charge >= 0.3 is 17.9 Å². The van der Waals surface area contributed by atoms with E-state index in [1.807, 2.05) is 0 Å². The Morgan fingerprint density at radius 1 is 0.333 bits per heavy atom. The molecule has 0 aromatic carbocycles. The molecule has 0 aliphatic carbocycles. The van der Waals surface area contributed by atoms with E-state index < -0.39 is 6.10 Å². The number of ether oxygens (including phenoxy) is 3. The molecule has 0 amide bonds. The van der Waals surface area contributed by atoms with Crippen LogP contribution in [0.2, 0.25) is 0 Å². The number of hydrogen-bond acceptors (Lipinski definition) is 6. The van der Waals surface area contributed by atoms with Gasteiger partial charge < -0.3 is 14.2 Å². The molecule has 0 radical (unpaired) electrons. The third kappa shape index (κ3) is 45.9. The number of carbonyl (C=O) groups excluding carboxylic acids is 3. The Morgan fingerprint density at radius 2 is 0.583 bits per heavy atom. The molecule has 6 heteroatoms. The lowest BCUT2D eigenvalue weighted by molar-refractivity contribution is -0.167. The maximum absolute atomic E-state index is 12.8. The molecule has 60 heavy (non-hydrogen) atoms. The molecule has 0 saturated heterocycles. The van der Waals surface area contributed by atoms with Gasteiger partial charge in [0.1, 0.15) is 13.2 Å². The summed E-state index contributed by atoms with van der Waals surface area (Å²) in [6.07, 6.45) is 50.9. The van der Waals surface area contributed by atoms with Crippen molar-refractivity contribution in [1.29, 1.82) is 0 Å². The molecule has 0 spiro atoms. The van der Waals surface area contributed by atoms with Gasteiger partial charge in [-0.3, -0.25) is 14.4 Å². The van der Waals surface area contributed by atoms with Crippen LogP contribution in [0.3, 0.4) is 0 Å². The van der Waals surface area contributed by atoms with Crippen LogP contribution in [0.15, 0.2) is 0 Å². The van der Waals surface area contributed by atoms with Gasteiger partial charge in [-0.15, -0.1) is 0 Å². The average molecular weight is 849 g/mol. The summed E-state index contributed by atoms with van der Waals surface area (Å²) in [6.45, 7) is 9.01. The summed E-state index contributed by atoms with van der Waals surface area (Å²) >= 11 is 0. The van der Waals surface area contributed by atoms with Crippen LogP contribution in [0, 0.1) is 5.92 Å². The predicted octanol–water partition coefficient (Wildman–Crippen LogP) is 17.5. The van der Waals surface area contributed by atoms with E-state index in [0.29, 0.717) is 19.3 Å². The van der Waals surface area contributed by atoms with Crippen LogP contribution in [-0.4, -0.2) is 37.2 Å². The van der Waals surface area contributed by atoms with Crippen molar-refractivity contribution in [1.82, 2.24) is 0 Å². The highest BCUT2D eigenvalue weighted by Gasteiger charge is 2.19. The zero-order valence-corrected chi connectivity index (χ0v) is 40.9. The minimum absolute atomic E-state index is 0.0635. The zero-order chi connectivity index (χ0) is 43.8. The maximum atomic E-state index is 12.8. The first-order chi connectivity index (χ1) is 29.4. The summed E-state index contributed by atoms with van der Waals surface area (Å²) in [5.41, 5.74) is 0. The van der Waals surface area contributed by atoms with Gasteiger partial charge in [0, 0.05) is 19.3 Å². The van der Waals surface area contributed by atoms with E-state index in [1.54, 1.807) is 0 Å². The first-order valence-corrected chi connectivity index (χ1v) is 26.9. The molecular formula is C54H104O6. The van der Waals surface area contributed by atoms with E-state index in [9.17, 15) is 14.4 Å². The Kier molecular flexibility index (Phi) is 47.2. The van der Waals surface area contributed by atoms with E-state index in [0.717, 1.165) is 63.7 Å². The maximum Gasteiger partial charge on any atom is 0.306 e. The smallest absolute Gasteiger partial charge is 0.306 e. The predicted molar refractivity (Wildman–Crippen MR) is 257 cm³/mol. The van der Waals surface area contributed by atoms with Crippen LogP contribution in [0.4, 0.5) is 0 Å². The number of esters is 3. The fraction of sp³-hybridized carbons (Fsp3) is 0.944. The molecule has 0 bridgehead atoms. The molecule has 6 nitrogen and oxygen atoms in total. The highest BCUT2D eigenvalue weighted by Crippen LogP contribution is 2.18. The molecule has 0 aliphatic rings. The summed E-state index contributed by atoms with van der Waals surface area (Å²) in [5.74, 6) is -0.0355. The highest BCUT2D eigenvalue weighted by atomic mass is 16.6. The minimum atomic E-state index is -0.762. The summed E-state index contributed by atoms with van der Waals surface area (Å²) < 4.78 is 16.8. The first kappa shape index (κ1) is 58.4. The number of hydrogen-bond donors (Lipinski definition) is 0. The lowest BCUT2D eigenvalue weighted by Gasteiger charge is -2.18. The number of unbranched alkanes of at least 4 members (excludes halogenated alkanes) is 35. The van der Waals surface area contributed by atoms with Crippen LogP contribution in [0.25, 0.3) is 0 Å². The lowest BCUT2D eigenvalue weighted by Crippen LogP contribution is -2.30. The largest absolute Gasteiger partial charge is 0.462 e. The number of carbonyl (C=O) groups is 3. The fourth-order valence-electron chi connectivity index (χ4n) is 8.19. The second-order valence-corrected chi connectivity index (χ2v) is 18.8. The van der Waals surface area contributed by atoms with E-state index in [1.165, 1.54) is 199 Å². The molecule has 2 atom stereocenters. The summed E-state index contributed by atoms with van der Waals surface area (Å²) in [6, 6.07) is 0. The standard InChI is InChI=1S/C54H104O6/c1-5-8-10-12-14-16-18-20-22-23-25-27-29-31-33-38-42-46-53(56)59-49-51(60-54(57)47-43-39-35-34-36-40-44-50(4)7-3)48-58-52(55)45-41-37-32-30-28-26-24-21-19-17-15-13-11-9-6-2/h50-51H,5-49H2,1-4H3/t50?,51-/m1/s1. The van der Waals surface area contributed by atoms with Crippen molar-refractivity contribution in [2.24, 2.45) is 5.92 Å². The van der Waals surface area contributed by atoms with Crippen molar-refractivity contribution < 1.29 is 28.6 Å². The molecule has 1 unspecified atom stereocenters. The molecule has 0 saturated carbocycles. The third-order valence-electron chi connectivity index (χ3n) is 12.7. The van der Waals surface area contributed by atoms with Crippen LogP contribution < -0.4 is 0 Å². The average Bonchev–Trinajstić information content (AvgIpc) is 3.25. The number of rotatable bonds is 49. The second kappa shape index (κ2) is 48.4. The van der Waals surface area contributed by atoms with Crippen molar-refractivity contribution in [3.8, 4) is 0 Å². The van der Waals surface area contributed by atoms with Crippen molar-refractivity contribution in [3.63, 3.8) is 0 Å². The van der Waals surface area contributed by atoms with Crippen molar-refractivity contribution >= 4 is 17.9 Å². The molecular weight excluding hydrogens is 745 g/mol. The molecule has 0 N–H and O–H groups in total. The van der Waals surface area contributed by atoms with Gasteiger partial charge in [0.2, 0.25) is 0 Å². The first-order valence-electron chi connectivity index (χ1n) is 26.9. The van der Waals surface area contributed by atoms with Gasteiger partial charge in [0.15, 0.2) is 6.10 Å². The Bertz CT molecular complexity index is 905. The Labute approximate surface area is 374 Å².